The first-order chi connectivity index (χ1) is 14.6. The molecule has 2 fully saturated rings. The van der Waals surface area contributed by atoms with Crippen LogP contribution >= 0.6 is 0 Å². The van der Waals surface area contributed by atoms with E-state index in [1.807, 2.05) is 36.1 Å². The van der Waals surface area contributed by atoms with E-state index >= 15 is 0 Å². The molecule has 1 aliphatic heterocycles. The molecule has 1 amide bonds. The quantitative estimate of drug-likeness (QED) is 0.696. The summed E-state index contributed by atoms with van der Waals surface area (Å²) in [6.07, 6.45) is 2.16. The predicted molar refractivity (Wildman–Crippen MR) is 116 cm³/mol. The van der Waals surface area contributed by atoms with Crippen LogP contribution in [0.15, 0.2) is 48.5 Å². The molecule has 0 radical (unpaired) electrons. The van der Waals surface area contributed by atoms with Crippen LogP contribution in [-0.2, 0) is 4.79 Å². The Morgan fingerprint density at radius 1 is 1.10 bits per heavy atom. The van der Waals surface area contributed by atoms with Crippen molar-refractivity contribution < 1.29 is 13.9 Å². The third kappa shape index (κ3) is 4.59. The minimum Gasteiger partial charge on any atom is -0.497 e. The largest absolute Gasteiger partial charge is 0.497 e. The van der Waals surface area contributed by atoms with Gasteiger partial charge in [0.2, 0.25) is 5.91 Å². The highest BCUT2D eigenvalue weighted by atomic mass is 19.1. The van der Waals surface area contributed by atoms with Gasteiger partial charge < -0.3 is 14.5 Å². The van der Waals surface area contributed by atoms with Gasteiger partial charge in [0, 0.05) is 49.5 Å². The standard InChI is InChI=1S/C24H30FN3O2/c1-18(22-5-3-4-6-23(22)25)28(20-7-8-20)17-24(29)27-15-13-26(14-16-27)19-9-11-21(30-2)12-10-19/h3-6,9-12,18,20H,7-8,13-17H2,1-2H3. The molecule has 6 heteroatoms. The van der Waals surface area contributed by atoms with Gasteiger partial charge in [0.25, 0.3) is 0 Å². The third-order valence-corrected chi connectivity index (χ3v) is 6.26. The summed E-state index contributed by atoms with van der Waals surface area (Å²) in [5.74, 6) is 0.785. The fraction of sp³-hybridized carbons (Fsp3) is 0.458. The van der Waals surface area contributed by atoms with E-state index in [2.05, 4.69) is 21.9 Å². The summed E-state index contributed by atoms with van der Waals surface area (Å²) >= 11 is 0. The van der Waals surface area contributed by atoms with Crippen LogP contribution in [0.3, 0.4) is 0 Å². The fourth-order valence-corrected chi connectivity index (χ4v) is 4.24. The number of hydrogen-bond donors (Lipinski definition) is 0. The van der Waals surface area contributed by atoms with Crippen molar-refractivity contribution in [2.75, 3.05) is 44.7 Å². The van der Waals surface area contributed by atoms with Gasteiger partial charge in [-0.15, -0.1) is 0 Å². The molecule has 1 aliphatic carbocycles. The Balaban J connectivity index is 1.35. The summed E-state index contributed by atoms with van der Waals surface area (Å²) in [5.41, 5.74) is 1.82. The minimum atomic E-state index is -0.198. The Kier molecular flexibility index (Phi) is 6.23. The molecule has 5 nitrogen and oxygen atoms in total. The molecule has 1 saturated heterocycles. The Hall–Kier alpha value is -2.60. The molecule has 30 heavy (non-hydrogen) atoms. The number of nitrogens with zero attached hydrogens (tertiary/aromatic N) is 3. The van der Waals surface area contributed by atoms with Crippen LogP contribution in [0.1, 0.15) is 31.4 Å². The molecule has 1 atom stereocenters. The van der Waals surface area contributed by atoms with Gasteiger partial charge in [0.05, 0.1) is 13.7 Å². The lowest BCUT2D eigenvalue weighted by Crippen LogP contribution is -2.51. The molecular formula is C24H30FN3O2. The normalized spacial score (nSPS) is 17.9. The third-order valence-electron chi connectivity index (χ3n) is 6.26. The Bertz CT molecular complexity index is 861. The molecule has 0 spiro atoms. The van der Waals surface area contributed by atoms with Crippen molar-refractivity contribution in [1.82, 2.24) is 9.80 Å². The van der Waals surface area contributed by atoms with Gasteiger partial charge in [0.1, 0.15) is 11.6 Å². The highest BCUT2D eigenvalue weighted by molar-refractivity contribution is 5.78. The van der Waals surface area contributed by atoms with Gasteiger partial charge in [0.15, 0.2) is 0 Å². The molecule has 2 aromatic carbocycles. The zero-order valence-corrected chi connectivity index (χ0v) is 17.8. The number of hydrogen-bond acceptors (Lipinski definition) is 4. The SMILES string of the molecule is COc1ccc(N2CCN(C(=O)CN(C3CC3)C(C)c3ccccc3F)CC2)cc1. The van der Waals surface area contributed by atoms with Crippen LogP contribution in [-0.4, -0.2) is 61.6 Å². The number of carbonyl (C=O) groups excluding carboxylic acids is 1. The molecular weight excluding hydrogens is 381 g/mol. The number of methoxy groups -OCH3 is 1. The summed E-state index contributed by atoms with van der Waals surface area (Å²) in [6, 6.07) is 15.2. The average molecular weight is 412 g/mol. The number of carbonyl (C=O) groups is 1. The maximum atomic E-state index is 14.3. The lowest BCUT2D eigenvalue weighted by molar-refractivity contribution is -0.133. The van der Waals surface area contributed by atoms with E-state index in [-0.39, 0.29) is 17.8 Å². The van der Waals surface area contributed by atoms with E-state index in [1.165, 1.54) is 6.07 Å². The van der Waals surface area contributed by atoms with Crippen LogP contribution in [0, 0.1) is 5.82 Å². The van der Waals surface area contributed by atoms with Crippen molar-refractivity contribution in [3.05, 3.63) is 59.9 Å². The zero-order valence-electron chi connectivity index (χ0n) is 17.8. The molecule has 1 saturated carbocycles. The van der Waals surface area contributed by atoms with Crippen molar-refractivity contribution in [1.29, 1.82) is 0 Å². The van der Waals surface area contributed by atoms with E-state index in [0.717, 1.165) is 37.4 Å². The molecule has 0 bridgehead atoms. The monoisotopic (exact) mass is 411 g/mol. The number of amides is 1. The summed E-state index contributed by atoms with van der Waals surface area (Å²) in [7, 11) is 1.66. The molecule has 1 heterocycles. The predicted octanol–water partition coefficient (Wildman–Crippen LogP) is 3.71. The lowest BCUT2D eigenvalue weighted by atomic mass is 10.1. The van der Waals surface area contributed by atoms with Crippen molar-refractivity contribution >= 4 is 11.6 Å². The van der Waals surface area contributed by atoms with Gasteiger partial charge in [-0.2, -0.15) is 0 Å². The Labute approximate surface area is 178 Å². The van der Waals surface area contributed by atoms with Crippen LogP contribution in [0.5, 0.6) is 5.75 Å². The molecule has 160 valence electrons. The van der Waals surface area contributed by atoms with Crippen LogP contribution in [0.4, 0.5) is 10.1 Å². The highest BCUT2D eigenvalue weighted by Crippen LogP contribution is 2.35. The number of halogens is 1. The number of anilines is 1. The zero-order chi connectivity index (χ0) is 21.1. The molecule has 0 aromatic heterocycles. The van der Waals surface area contributed by atoms with E-state index in [4.69, 9.17) is 4.74 Å². The van der Waals surface area contributed by atoms with Crippen molar-refractivity contribution in [2.45, 2.75) is 31.8 Å². The average Bonchev–Trinajstić information content (AvgIpc) is 3.63. The first-order valence-electron chi connectivity index (χ1n) is 10.7. The van der Waals surface area contributed by atoms with Crippen molar-refractivity contribution in [2.24, 2.45) is 0 Å². The van der Waals surface area contributed by atoms with Crippen LogP contribution < -0.4 is 9.64 Å². The van der Waals surface area contributed by atoms with Gasteiger partial charge >= 0.3 is 0 Å². The number of piperazine rings is 1. The topological polar surface area (TPSA) is 36.0 Å². The van der Waals surface area contributed by atoms with Crippen LogP contribution in [0.25, 0.3) is 0 Å². The second kappa shape index (κ2) is 9.04. The number of benzene rings is 2. The number of rotatable bonds is 7. The van der Waals surface area contributed by atoms with Gasteiger partial charge in [-0.05, 0) is 50.1 Å². The van der Waals surface area contributed by atoms with Crippen molar-refractivity contribution in [3.63, 3.8) is 0 Å². The first kappa shape index (κ1) is 20.7. The number of ether oxygens (including phenoxy) is 1. The lowest BCUT2D eigenvalue weighted by Gasteiger charge is -2.38. The van der Waals surface area contributed by atoms with E-state index in [0.29, 0.717) is 31.2 Å². The van der Waals surface area contributed by atoms with Crippen LogP contribution in [0.2, 0.25) is 0 Å². The molecule has 2 aromatic rings. The maximum Gasteiger partial charge on any atom is 0.236 e. The van der Waals surface area contributed by atoms with E-state index < -0.39 is 0 Å². The van der Waals surface area contributed by atoms with E-state index in [1.54, 1.807) is 13.2 Å². The van der Waals surface area contributed by atoms with Crippen molar-refractivity contribution in [3.8, 4) is 5.75 Å². The van der Waals surface area contributed by atoms with Gasteiger partial charge in [-0.3, -0.25) is 9.69 Å². The second-order valence-corrected chi connectivity index (χ2v) is 8.17. The second-order valence-electron chi connectivity index (χ2n) is 8.17. The summed E-state index contributed by atoms with van der Waals surface area (Å²) in [5, 5.41) is 0. The first-order valence-corrected chi connectivity index (χ1v) is 10.7. The summed E-state index contributed by atoms with van der Waals surface area (Å²) < 4.78 is 19.5. The minimum absolute atomic E-state index is 0.108. The smallest absolute Gasteiger partial charge is 0.236 e. The van der Waals surface area contributed by atoms with Gasteiger partial charge in [-0.1, -0.05) is 18.2 Å². The maximum absolute atomic E-state index is 14.3. The van der Waals surface area contributed by atoms with Gasteiger partial charge in [-0.25, -0.2) is 4.39 Å². The summed E-state index contributed by atoms with van der Waals surface area (Å²) in [4.78, 5) is 19.5. The van der Waals surface area contributed by atoms with E-state index in [9.17, 15) is 9.18 Å². The highest BCUT2D eigenvalue weighted by Gasteiger charge is 2.36. The molecule has 0 N–H and O–H groups in total. The fourth-order valence-electron chi connectivity index (χ4n) is 4.24. The molecule has 4 rings (SSSR count). The Morgan fingerprint density at radius 3 is 2.37 bits per heavy atom. The summed E-state index contributed by atoms with van der Waals surface area (Å²) in [6.45, 7) is 5.39. The molecule has 1 unspecified atom stereocenters. The Morgan fingerprint density at radius 2 is 1.77 bits per heavy atom. The molecule has 2 aliphatic rings.